The van der Waals surface area contributed by atoms with Gasteiger partial charge in [0.1, 0.15) is 6.04 Å². The van der Waals surface area contributed by atoms with E-state index >= 15 is 0 Å². The fourth-order valence-corrected chi connectivity index (χ4v) is 4.30. The van der Waals surface area contributed by atoms with Gasteiger partial charge in [0.05, 0.1) is 4.90 Å². The average molecular weight is 429 g/mol. The van der Waals surface area contributed by atoms with Crippen LogP contribution >= 0.6 is 31.9 Å². The van der Waals surface area contributed by atoms with Crippen LogP contribution < -0.4 is 4.72 Å². The minimum absolute atomic E-state index is 0.00891. The molecule has 2 N–H and O–H groups in total. The highest BCUT2D eigenvalue weighted by Crippen LogP contribution is 2.26. The largest absolute Gasteiger partial charge is 0.480 e. The second kappa shape index (κ2) is 7.53. The molecule has 0 aromatic heterocycles. The lowest BCUT2D eigenvalue weighted by Gasteiger charge is -2.15. The van der Waals surface area contributed by atoms with Crippen LogP contribution in [0.25, 0.3) is 0 Å². The summed E-state index contributed by atoms with van der Waals surface area (Å²) in [5, 5.41) is 9.09. The number of nitrogens with one attached hydrogen (secondary N) is 1. The lowest BCUT2D eigenvalue weighted by atomic mass is 10.1. The predicted molar refractivity (Wildman–Crippen MR) is 83.1 cm³/mol. The van der Waals surface area contributed by atoms with Crippen LogP contribution in [0.15, 0.2) is 32.0 Å². The first-order valence-electron chi connectivity index (χ1n) is 5.98. The molecule has 0 heterocycles. The Hall–Kier alpha value is -0.440. The van der Waals surface area contributed by atoms with Gasteiger partial charge in [0, 0.05) is 8.95 Å². The number of carboxylic acid groups (broad SMARTS) is 1. The number of hydrogen-bond acceptors (Lipinski definition) is 3. The summed E-state index contributed by atoms with van der Waals surface area (Å²) in [5.41, 5.74) is 0. The number of unbranched alkanes of at least 4 members (excludes halogenated alkanes) is 1. The summed E-state index contributed by atoms with van der Waals surface area (Å²) in [6.45, 7) is 1.91. The summed E-state index contributed by atoms with van der Waals surface area (Å²) in [6, 6.07) is 3.58. The van der Waals surface area contributed by atoms with Crippen LogP contribution in [0.2, 0.25) is 0 Å². The van der Waals surface area contributed by atoms with Crippen molar-refractivity contribution in [3.05, 3.63) is 27.1 Å². The monoisotopic (exact) mass is 427 g/mol. The van der Waals surface area contributed by atoms with Crippen LogP contribution in [0.4, 0.5) is 0 Å². The van der Waals surface area contributed by atoms with Gasteiger partial charge in [-0.25, -0.2) is 8.42 Å². The Kier molecular flexibility index (Phi) is 6.63. The molecule has 1 rings (SSSR count). The van der Waals surface area contributed by atoms with Gasteiger partial charge in [0.2, 0.25) is 10.0 Å². The SMILES string of the molecule is CCCCC(NS(=O)(=O)c1cc(Br)ccc1Br)C(=O)O. The molecule has 5 nitrogen and oxygen atoms in total. The first kappa shape index (κ1) is 17.6. The van der Waals surface area contributed by atoms with Crippen molar-refractivity contribution in [1.29, 1.82) is 0 Å². The number of halogens is 2. The van der Waals surface area contributed by atoms with E-state index in [0.717, 1.165) is 6.42 Å². The Labute approximate surface area is 135 Å². The molecule has 1 aromatic carbocycles. The molecule has 0 saturated heterocycles. The fourth-order valence-electron chi connectivity index (χ4n) is 1.57. The summed E-state index contributed by atoms with van der Waals surface area (Å²) in [4.78, 5) is 11.1. The van der Waals surface area contributed by atoms with Crippen molar-refractivity contribution in [1.82, 2.24) is 4.72 Å². The van der Waals surface area contributed by atoms with Gasteiger partial charge in [-0.05, 0) is 40.5 Å². The number of rotatable bonds is 7. The van der Waals surface area contributed by atoms with E-state index < -0.39 is 22.0 Å². The number of carbonyl (C=O) groups is 1. The maximum Gasteiger partial charge on any atom is 0.321 e. The third-order valence-corrected chi connectivity index (χ3v) is 5.58. The minimum Gasteiger partial charge on any atom is -0.480 e. The van der Waals surface area contributed by atoms with Crippen LogP contribution in [0.1, 0.15) is 26.2 Å². The Balaban J connectivity index is 3.03. The van der Waals surface area contributed by atoms with Gasteiger partial charge < -0.3 is 5.11 Å². The van der Waals surface area contributed by atoms with E-state index in [4.69, 9.17) is 5.11 Å². The molecule has 112 valence electrons. The highest BCUT2D eigenvalue weighted by atomic mass is 79.9. The zero-order valence-corrected chi connectivity index (χ0v) is 14.8. The lowest BCUT2D eigenvalue weighted by molar-refractivity contribution is -0.139. The van der Waals surface area contributed by atoms with E-state index in [0.29, 0.717) is 15.4 Å². The van der Waals surface area contributed by atoms with Crippen LogP contribution in [0.3, 0.4) is 0 Å². The molecule has 1 aromatic rings. The maximum absolute atomic E-state index is 12.3. The fraction of sp³-hybridized carbons (Fsp3) is 0.417. The van der Waals surface area contributed by atoms with Crippen LogP contribution in [0, 0.1) is 0 Å². The molecule has 8 heteroatoms. The van der Waals surface area contributed by atoms with Crippen molar-refractivity contribution in [3.8, 4) is 0 Å². The van der Waals surface area contributed by atoms with E-state index in [1.807, 2.05) is 6.92 Å². The topological polar surface area (TPSA) is 83.5 Å². The van der Waals surface area contributed by atoms with E-state index in [1.165, 1.54) is 6.07 Å². The van der Waals surface area contributed by atoms with Crippen LogP contribution in [-0.2, 0) is 14.8 Å². The maximum atomic E-state index is 12.3. The third kappa shape index (κ3) is 4.83. The quantitative estimate of drug-likeness (QED) is 0.698. The van der Waals surface area contributed by atoms with Crippen molar-refractivity contribution >= 4 is 47.9 Å². The molecule has 0 radical (unpaired) electrons. The first-order chi connectivity index (χ1) is 9.27. The highest BCUT2D eigenvalue weighted by molar-refractivity contribution is 9.11. The number of benzene rings is 1. The van der Waals surface area contributed by atoms with Gasteiger partial charge in [0.15, 0.2) is 0 Å². The molecule has 0 aliphatic carbocycles. The Morgan fingerprint density at radius 2 is 2.05 bits per heavy atom. The number of aliphatic carboxylic acids is 1. The zero-order valence-electron chi connectivity index (χ0n) is 10.8. The summed E-state index contributed by atoms with van der Waals surface area (Å²) in [6.07, 6.45) is 1.70. The third-order valence-electron chi connectivity index (χ3n) is 2.62. The Morgan fingerprint density at radius 1 is 1.40 bits per heavy atom. The summed E-state index contributed by atoms with van der Waals surface area (Å²) >= 11 is 6.35. The molecule has 0 fully saturated rings. The number of hydrogen-bond donors (Lipinski definition) is 2. The van der Waals surface area contributed by atoms with Crippen molar-refractivity contribution in [2.45, 2.75) is 37.1 Å². The molecule has 0 saturated carbocycles. The highest BCUT2D eigenvalue weighted by Gasteiger charge is 2.26. The lowest BCUT2D eigenvalue weighted by Crippen LogP contribution is -2.40. The minimum atomic E-state index is -3.90. The van der Waals surface area contributed by atoms with Gasteiger partial charge in [-0.1, -0.05) is 35.7 Å². The van der Waals surface area contributed by atoms with Gasteiger partial charge >= 0.3 is 5.97 Å². The van der Waals surface area contributed by atoms with E-state index in [2.05, 4.69) is 36.6 Å². The molecular weight excluding hydrogens is 414 g/mol. The number of sulfonamides is 1. The zero-order chi connectivity index (χ0) is 15.3. The molecule has 0 aliphatic rings. The van der Waals surface area contributed by atoms with Crippen molar-refractivity contribution in [2.24, 2.45) is 0 Å². The Bertz CT molecular complexity index is 589. The van der Waals surface area contributed by atoms with Gasteiger partial charge in [-0.15, -0.1) is 0 Å². The van der Waals surface area contributed by atoms with Gasteiger partial charge in [0.25, 0.3) is 0 Å². The summed E-state index contributed by atoms with van der Waals surface area (Å²) in [5.74, 6) is -1.17. The van der Waals surface area contributed by atoms with E-state index in [-0.39, 0.29) is 11.3 Å². The van der Waals surface area contributed by atoms with Crippen LogP contribution in [-0.4, -0.2) is 25.5 Å². The summed E-state index contributed by atoms with van der Waals surface area (Å²) in [7, 11) is -3.90. The average Bonchev–Trinajstić information content (AvgIpc) is 2.36. The number of carboxylic acids is 1. The van der Waals surface area contributed by atoms with Crippen molar-refractivity contribution in [3.63, 3.8) is 0 Å². The molecule has 0 spiro atoms. The molecule has 0 amide bonds. The summed E-state index contributed by atoms with van der Waals surface area (Å²) < 4.78 is 27.7. The smallest absolute Gasteiger partial charge is 0.321 e. The molecule has 0 aliphatic heterocycles. The second-order valence-electron chi connectivity index (χ2n) is 4.23. The second-order valence-corrected chi connectivity index (χ2v) is 7.68. The van der Waals surface area contributed by atoms with Crippen molar-refractivity contribution in [2.75, 3.05) is 0 Å². The Morgan fingerprint density at radius 3 is 2.60 bits per heavy atom. The predicted octanol–water partition coefficient (Wildman–Crippen LogP) is 3.13. The molecule has 0 bridgehead atoms. The standard InChI is InChI=1S/C12H15Br2NO4S/c1-2-3-4-10(12(16)17)15-20(18,19)11-7-8(13)5-6-9(11)14/h5-7,10,15H,2-4H2,1H3,(H,16,17). The molecule has 1 atom stereocenters. The normalized spacial score (nSPS) is 13.2. The first-order valence-corrected chi connectivity index (χ1v) is 9.05. The van der Waals surface area contributed by atoms with Crippen LogP contribution in [0.5, 0.6) is 0 Å². The van der Waals surface area contributed by atoms with Gasteiger partial charge in [-0.2, -0.15) is 4.72 Å². The van der Waals surface area contributed by atoms with Crippen molar-refractivity contribution < 1.29 is 18.3 Å². The van der Waals surface area contributed by atoms with E-state index in [9.17, 15) is 13.2 Å². The molecule has 20 heavy (non-hydrogen) atoms. The molecular formula is C12H15Br2NO4S. The van der Waals surface area contributed by atoms with Gasteiger partial charge in [-0.3, -0.25) is 4.79 Å². The molecule has 1 unspecified atom stereocenters. The van der Waals surface area contributed by atoms with E-state index in [1.54, 1.807) is 12.1 Å².